The van der Waals surface area contributed by atoms with E-state index in [4.69, 9.17) is 11.6 Å². The summed E-state index contributed by atoms with van der Waals surface area (Å²) in [5.74, 6) is 0. The van der Waals surface area contributed by atoms with Crippen LogP contribution in [0.3, 0.4) is 0 Å². The molecule has 0 radical (unpaired) electrons. The molecule has 0 saturated heterocycles. The van der Waals surface area contributed by atoms with E-state index in [2.05, 4.69) is 10.4 Å². The summed E-state index contributed by atoms with van der Waals surface area (Å²) in [5.41, 5.74) is 2.81. The van der Waals surface area contributed by atoms with Crippen LogP contribution in [-0.2, 0) is 0 Å². The molecule has 0 fully saturated rings. The maximum atomic E-state index is 9.93. The topological polar surface area (TPSA) is 70.3 Å². The molecule has 4 rings (SSSR count). The van der Waals surface area contributed by atoms with Crippen LogP contribution in [0.2, 0.25) is 5.02 Å². The van der Waals surface area contributed by atoms with Crippen LogP contribution in [0, 0.1) is 0 Å². The van der Waals surface area contributed by atoms with E-state index < -0.39 is 12.5 Å². The Hall–Kier alpha value is -1.92. The standard InChI is InChI=1S/C15H12ClN3O2/c16-11-5-9-10(15(21)18-14(9)20)6-13(11)19-12-4-2-1-3-8(12)7-17-19/h1-7,14-15,18,20-21H. The Morgan fingerprint density at radius 3 is 2.62 bits per heavy atom. The summed E-state index contributed by atoms with van der Waals surface area (Å²) < 4.78 is 1.73. The van der Waals surface area contributed by atoms with Crippen LogP contribution in [0.4, 0.5) is 0 Å². The third kappa shape index (κ3) is 1.86. The van der Waals surface area contributed by atoms with E-state index in [0.29, 0.717) is 21.8 Å². The molecule has 1 aromatic heterocycles. The van der Waals surface area contributed by atoms with E-state index in [1.54, 1.807) is 23.0 Å². The SMILES string of the molecule is OC1NC(O)c2cc(-n3ncc4ccccc43)c(Cl)cc21. The van der Waals surface area contributed by atoms with Crippen molar-refractivity contribution in [3.8, 4) is 5.69 Å². The lowest BCUT2D eigenvalue weighted by Gasteiger charge is -2.10. The molecule has 3 N–H and O–H groups in total. The molecule has 1 aliphatic heterocycles. The zero-order valence-electron chi connectivity index (χ0n) is 10.9. The van der Waals surface area contributed by atoms with Gasteiger partial charge in [0.05, 0.1) is 22.4 Å². The second-order valence-corrected chi connectivity index (χ2v) is 5.43. The molecular formula is C15H12ClN3O2. The highest BCUT2D eigenvalue weighted by Crippen LogP contribution is 2.36. The number of nitrogens with one attached hydrogen (secondary N) is 1. The van der Waals surface area contributed by atoms with E-state index in [0.717, 1.165) is 10.9 Å². The Morgan fingerprint density at radius 2 is 1.81 bits per heavy atom. The predicted octanol–water partition coefficient (Wildman–Crippen LogP) is 2.26. The molecule has 2 atom stereocenters. The lowest BCUT2D eigenvalue weighted by molar-refractivity contribution is 0.0671. The van der Waals surface area contributed by atoms with Crippen LogP contribution in [0.25, 0.3) is 16.6 Å². The van der Waals surface area contributed by atoms with Gasteiger partial charge in [0.1, 0.15) is 12.5 Å². The molecule has 21 heavy (non-hydrogen) atoms. The lowest BCUT2D eigenvalue weighted by Crippen LogP contribution is -2.16. The zero-order chi connectivity index (χ0) is 14.6. The molecule has 2 heterocycles. The molecular weight excluding hydrogens is 290 g/mol. The van der Waals surface area contributed by atoms with Gasteiger partial charge < -0.3 is 10.2 Å². The average Bonchev–Trinajstić information content (AvgIpc) is 3.01. The van der Waals surface area contributed by atoms with E-state index >= 15 is 0 Å². The molecule has 3 aromatic rings. The first-order valence-corrected chi connectivity index (χ1v) is 6.91. The van der Waals surface area contributed by atoms with E-state index in [1.807, 2.05) is 24.3 Å². The van der Waals surface area contributed by atoms with E-state index in [1.165, 1.54) is 0 Å². The van der Waals surface area contributed by atoms with Crippen LogP contribution >= 0.6 is 11.6 Å². The maximum absolute atomic E-state index is 9.93. The second kappa shape index (κ2) is 4.54. The minimum absolute atomic E-state index is 0.470. The van der Waals surface area contributed by atoms with Crippen LogP contribution < -0.4 is 5.32 Å². The Morgan fingerprint density at radius 1 is 1.10 bits per heavy atom. The predicted molar refractivity (Wildman–Crippen MR) is 79.1 cm³/mol. The van der Waals surface area contributed by atoms with Crippen molar-refractivity contribution in [3.63, 3.8) is 0 Å². The van der Waals surface area contributed by atoms with Gasteiger partial charge in [-0.05, 0) is 18.2 Å². The lowest BCUT2D eigenvalue weighted by atomic mass is 10.1. The number of rotatable bonds is 1. The zero-order valence-corrected chi connectivity index (χ0v) is 11.6. The molecule has 5 nitrogen and oxygen atoms in total. The minimum atomic E-state index is -0.909. The fraction of sp³-hybridized carbons (Fsp3) is 0.133. The van der Waals surface area contributed by atoms with Gasteiger partial charge in [-0.15, -0.1) is 0 Å². The highest BCUT2D eigenvalue weighted by molar-refractivity contribution is 6.32. The van der Waals surface area contributed by atoms with Gasteiger partial charge in [0.2, 0.25) is 0 Å². The number of fused-ring (bicyclic) bond motifs is 2. The van der Waals surface area contributed by atoms with Crippen LogP contribution in [0.1, 0.15) is 23.6 Å². The Balaban J connectivity index is 1.96. The Bertz CT molecular complexity index is 846. The van der Waals surface area contributed by atoms with Gasteiger partial charge in [-0.2, -0.15) is 5.10 Å². The summed E-state index contributed by atoms with van der Waals surface area (Å²) >= 11 is 6.33. The number of hydrogen-bond donors (Lipinski definition) is 3. The fourth-order valence-electron chi connectivity index (χ4n) is 2.72. The molecule has 0 bridgehead atoms. The molecule has 2 aromatic carbocycles. The summed E-state index contributed by atoms with van der Waals surface area (Å²) in [7, 11) is 0. The molecule has 0 saturated carbocycles. The van der Waals surface area contributed by atoms with Crippen molar-refractivity contribution >= 4 is 22.5 Å². The summed E-state index contributed by atoms with van der Waals surface area (Å²) in [5, 5.41) is 28.2. The normalized spacial score (nSPS) is 20.9. The molecule has 0 aliphatic carbocycles. The monoisotopic (exact) mass is 301 g/mol. The van der Waals surface area contributed by atoms with Gasteiger partial charge in [-0.25, -0.2) is 4.68 Å². The Kier molecular flexibility index (Phi) is 2.77. The number of benzene rings is 2. The average molecular weight is 302 g/mol. The van der Waals surface area contributed by atoms with Crippen molar-refractivity contribution in [1.82, 2.24) is 15.1 Å². The van der Waals surface area contributed by atoms with Gasteiger partial charge >= 0.3 is 0 Å². The maximum Gasteiger partial charge on any atom is 0.133 e. The first-order chi connectivity index (χ1) is 10.1. The number of nitrogens with zero attached hydrogens (tertiary/aromatic N) is 2. The quantitative estimate of drug-likeness (QED) is 0.645. The van der Waals surface area contributed by atoms with Crippen LogP contribution in [-0.4, -0.2) is 20.0 Å². The number of aromatic nitrogens is 2. The first-order valence-electron chi connectivity index (χ1n) is 6.54. The van der Waals surface area contributed by atoms with E-state index in [9.17, 15) is 10.2 Å². The highest BCUT2D eigenvalue weighted by atomic mass is 35.5. The van der Waals surface area contributed by atoms with Gasteiger partial charge in [0.25, 0.3) is 0 Å². The molecule has 0 spiro atoms. The molecule has 6 heteroatoms. The van der Waals surface area contributed by atoms with Crippen molar-refractivity contribution in [2.24, 2.45) is 0 Å². The smallest absolute Gasteiger partial charge is 0.133 e. The summed E-state index contributed by atoms with van der Waals surface area (Å²) in [6.07, 6.45) is -0.0497. The molecule has 2 unspecified atom stereocenters. The minimum Gasteiger partial charge on any atom is -0.374 e. The highest BCUT2D eigenvalue weighted by Gasteiger charge is 2.29. The number of para-hydroxylation sites is 1. The number of halogens is 1. The van der Waals surface area contributed by atoms with Crippen molar-refractivity contribution in [2.45, 2.75) is 12.5 Å². The third-order valence-electron chi connectivity index (χ3n) is 3.76. The molecule has 1 aliphatic rings. The third-order valence-corrected chi connectivity index (χ3v) is 4.07. The number of aliphatic hydroxyl groups is 2. The van der Waals surface area contributed by atoms with Gasteiger partial charge in [0.15, 0.2) is 0 Å². The van der Waals surface area contributed by atoms with Crippen molar-refractivity contribution in [3.05, 3.63) is 58.7 Å². The Labute approximate surface area is 125 Å². The number of aliphatic hydroxyl groups excluding tert-OH is 2. The van der Waals surface area contributed by atoms with Gasteiger partial charge in [0, 0.05) is 16.5 Å². The molecule has 106 valence electrons. The largest absolute Gasteiger partial charge is 0.374 e. The van der Waals surface area contributed by atoms with Gasteiger partial charge in [-0.1, -0.05) is 29.8 Å². The van der Waals surface area contributed by atoms with E-state index in [-0.39, 0.29) is 0 Å². The first kappa shape index (κ1) is 12.8. The van der Waals surface area contributed by atoms with Crippen molar-refractivity contribution in [2.75, 3.05) is 0 Å². The molecule has 0 amide bonds. The number of hydrogen-bond acceptors (Lipinski definition) is 4. The summed E-state index contributed by atoms with van der Waals surface area (Å²) in [6, 6.07) is 11.2. The second-order valence-electron chi connectivity index (χ2n) is 5.02. The van der Waals surface area contributed by atoms with Gasteiger partial charge in [-0.3, -0.25) is 5.32 Å². The van der Waals surface area contributed by atoms with Crippen LogP contribution in [0.5, 0.6) is 0 Å². The fourth-order valence-corrected chi connectivity index (χ4v) is 2.97. The summed E-state index contributed by atoms with van der Waals surface area (Å²) in [4.78, 5) is 0. The summed E-state index contributed by atoms with van der Waals surface area (Å²) in [6.45, 7) is 0. The van der Waals surface area contributed by atoms with Crippen LogP contribution in [0.15, 0.2) is 42.6 Å². The van der Waals surface area contributed by atoms with Crippen molar-refractivity contribution in [1.29, 1.82) is 0 Å². The van der Waals surface area contributed by atoms with Crippen molar-refractivity contribution < 1.29 is 10.2 Å².